The Morgan fingerprint density at radius 3 is 2.06 bits per heavy atom. The second-order valence-corrected chi connectivity index (χ2v) is 4.62. The molecule has 1 amide bonds. The molecule has 6 heteroatoms. The minimum atomic E-state index is -1.15. The smallest absolute Gasteiger partial charge is 0.309 e. The summed E-state index contributed by atoms with van der Waals surface area (Å²) in [6.07, 6.45) is 0.199. The first-order valence-corrected chi connectivity index (χ1v) is 5.59. The SMILES string of the molecule is CC(C)C(=O)N1CCC(C(=O)O)C(C(=O)O)C1. The van der Waals surface area contributed by atoms with Gasteiger partial charge in [-0.2, -0.15) is 0 Å². The van der Waals surface area contributed by atoms with Gasteiger partial charge >= 0.3 is 11.9 Å². The van der Waals surface area contributed by atoms with Crippen LogP contribution >= 0.6 is 0 Å². The van der Waals surface area contributed by atoms with Crippen LogP contribution in [0.2, 0.25) is 0 Å². The molecule has 1 heterocycles. The first-order chi connectivity index (χ1) is 7.84. The van der Waals surface area contributed by atoms with Crippen LogP contribution in [0.1, 0.15) is 20.3 Å². The molecule has 1 aliphatic rings. The highest BCUT2D eigenvalue weighted by molar-refractivity contribution is 5.83. The zero-order valence-corrected chi connectivity index (χ0v) is 9.92. The molecular weight excluding hydrogens is 226 g/mol. The van der Waals surface area contributed by atoms with Crippen LogP contribution in [0.15, 0.2) is 0 Å². The van der Waals surface area contributed by atoms with E-state index in [0.29, 0.717) is 6.54 Å². The lowest BCUT2D eigenvalue weighted by Gasteiger charge is -2.35. The number of carbonyl (C=O) groups excluding carboxylic acids is 1. The molecule has 0 aliphatic carbocycles. The molecule has 0 aromatic heterocycles. The van der Waals surface area contributed by atoms with Gasteiger partial charge in [0.2, 0.25) is 5.91 Å². The molecule has 2 N–H and O–H groups in total. The maximum atomic E-state index is 11.7. The number of likely N-dealkylation sites (tertiary alicyclic amines) is 1. The van der Waals surface area contributed by atoms with Crippen LogP contribution in [0.5, 0.6) is 0 Å². The molecule has 1 rings (SSSR count). The zero-order valence-electron chi connectivity index (χ0n) is 9.92. The van der Waals surface area contributed by atoms with E-state index in [1.165, 1.54) is 4.90 Å². The van der Waals surface area contributed by atoms with Gasteiger partial charge in [-0.05, 0) is 6.42 Å². The van der Waals surface area contributed by atoms with Crippen molar-refractivity contribution in [3.8, 4) is 0 Å². The van der Waals surface area contributed by atoms with Crippen LogP contribution in [0.4, 0.5) is 0 Å². The molecule has 1 fully saturated rings. The van der Waals surface area contributed by atoms with Crippen LogP contribution < -0.4 is 0 Å². The summed E-state index contributed by atoms with van der Waals surface area (Å²) in [5.41, 5.74) is 0. The standard InChI is InChI=1S/C11H17NO5/c1-6(2)9(13)12-4-3-7(10(14)15)8(5-12)11(16)17/h6-8H,3-5H2,1-2H3,(H,14,15)(H,16,17). The quantitative estimate of drug-likeness (QED) is 0.742. The number of hydrogen-bond donors (Lipinski definition) is 2. The number of piperidine rings is 1. The highest BCUT2D eigenvalue weighted by Crippen LogP contribution is 2.25. The third-order valence-corrected chi connectivity index (χ3v) is 3.05. The molecule has 0 aromatic rings. The average Bonchev–Trinajstić information content (AvgIpc) is 2.26. The lowest BCUT2D eigenvalue weighted by Crippen LogP contribution is -2.49. The summed E-state index contributed by atoms with van der Waals surface area (Å²) in [5, 5.41) is 17.9. The number of carboxylic acids is 2. The molecule has 0 bridgehead atoms. The first-order valence-electron chi connectivity index (χ1n) is 5.59. The molecule has 2 unspecified atom stereocenters. The fourth-order valence-corrected chi connectivity index (χ4v) is 2.06. The summed E-state index contributed by atoms with van der Waals surface area (Å²) in [7, 11) is 0. The number of aliphatic carboxylic acids is 2. The van der Waals surface area contributed by atoms with Gasteiger partial charge in [0.15, 0.2) is 0 Å². The van der Waals surface area contributed by atoms with Crippen molar-refractivity contribution in [2.24, 2.45) is 17.8 Å². The molecular formula is C11H17NO5. The molecule has 96 valence electrons. The summed E-state index contributed by atoms with van der Waals surface area (Å²) in [6.45, 7) is 3.78. The Balaban J connectivity index is 2.79. The number of rotatable bonds is 3. The molecule has 6 nitrogen and oxygen atoms in total. The van der Waals surface area contributed by atoms with Gasteiger partial charge < -0.3 is 15.1 Å². The number of carbonyl (C=O) groups is 3. The lowest BCUT2D eigenvalue weighted by atomic mass is 9.85. The van der Waals surface area contributed by atoms with Gasteiger partial charge in [-0.1, -0.05) is 13.8 Å². The Bertz CT molecular complexity index is 339. The molecule has 0 spiro atoms. The van der Waals surface area contributed by atoms with E-state index in [9.17, 15) is 14.4 Å². The van der Waals surface area contributed by atoms with Crippen LogP contribution in [0.3, 0.4) is 0 Å². The average molecular weight is 243 g/mol. The van der Waals surface area contributed by atoms with Crippen molar-refractivity contribution in [1.29, 1.82) is 0 Å². The van der Waals surface area contributed by atoms with Crippen molar-refractivity contribution in [3.05, 3.63) is 0 Å². The van der Waals surface area contributed by atoms with Gasteiger partial charge in [0, 0.05) is 19.0 Å². The first kappa shape index (κ1) is 13.5. The van der Waals surface area contributed by atoms with E-state index in [-0.39, 0.29) is 24.8 Å². The van der Waals surface area contributed by atoms with E-state index in [1.807, 2.05) is 0 Å². The van der Waals surface area contributed by atoms with Crippen molar-refractivity contribution in [1.82, 2.24) is 4.90 Å². The van der Waals surface area contributed by atoms with E-state index in [1.54, 1.807) is 13.8 Å². The summed E-state index contributed by atoms with van der Waals surface area (Å²) < 4.78 is 0. The number of nitrogens with zero attached hydrogens (tertiary/aromatic N) is 1. The second-order valence-electron chi connectivity index (χ2n) is 4.62. The molecule has 0 saturated carbocycles. The Hall–Kier alpha value is -1.59. The van der Waals surface area contributed by atoms with E-state index in [2.05, 4.69) is 0 Å². The van der Waals surface area contributed by atoms with Crippen LogP contribution in [-0.2, 0) is 14.4 Å². The lowest BCUT2D eigenvalue weighted by molar-refractivity contribution is -0.159. The third-order valence-electron chi connectivity index (χ3n) is 3.05. The maximum absolute atomic E-state index is 11.7. The fourth-order valence-electron chi connectivity index (χ4n) is 2.06. The van der Waals surface area contributed by atoms with Gasteiger partial charge in [-0.25, -0.2) is 0 Å². The highest BCUT2D eigenvalue weighted by atomic mass is 16.4. The van der Waals surface area contributed by atoms with Crippen LogP contribution in [-0.4, -0.2) is 46.0 Å². The summed E-state index contributed by atoms with van der Waals surface area (Å²) in [5.74, 6) is -4.49. The Labute approximate surface area is 99.2 Å². The summed E-state index contributed by atoms with van der Waals surface area (Å²) >= 11 is 0. The molecule has 2 atom stereocenters. The summed E-state index contributed by atoms with van der Waals surface area (Å²) in [6, 6.07) is 0. The highest BCUT2D eigenvalue weighted by Gasteiger charge is 2.40. The van der Waals surface area contributed by atoms with E-state index >= 15 is 0 Å². The monoisotopic (exact) mass is 243 g/mol. The van der Waals surface area contributed by atoms with Gasteiger partial charge in [0.05, 0.1) is 11.8 Å². The van der Waals surface area contributed by atoms with Crippen molar-refractivity contribution >= 4 is 17.8 Å². The maximum Gasteiger partial charge on any atom is 0.309 e. The zero-order chi connectivity index (χ0) is 13.2. The Morgan fingerprint density at radius 2 is 1.65 bits per heavy atom. The van der Waals surface area contributed by atoms with Crippen LogP contribution in [0.25, 0.3) is 0 Å². The minimum absolute atomic E-state index is 0.0106. The predicted molar refractivity (Wildman–Crippen MR) is 58.3 cm³/mol. The van der Waals surface area contributed by atoms with E-state index in [0.717, 1.165) is 0 Å². The fraction of sp³-hybridized carbons (Fsp3) is 0.727. The Morgan fingerprint density at radius 1 is 1.12 bits per heavy atom. The van der Waals surface area contributed by atoms with E-state index in [4.69, 9.17) is 10.2 Å². The Kier molecular flexibility index (Phi) is 4.09. The van der Waals surface area contributed by atoms with Gasteiger partial charge in [0.1, 0.15) is 0 Å². The van der Waals surface area contributed by atoms with Gasteiger partial charge in [-0.3, -0.25) is 14.4 Å². The van der Waals surface area contributed by atoms with Crippen molar-refractivity contribution in [2.45, 2.75) is 20.3 Å². The summed E-state index contributed by atoms with van der Waals surface area (Å²) in [4.78, 5) is 35.1. The normalized spacial score (nSPS) is 24.8. The largest absolute Gasteiger partial charge is 0.481 e. The molecule has 0 radical (unpaired) electrons. The third kappa shape index (κ3) is 2.95. The van der Waals surface area contributed by atoms with Crippen molar-refractivity contribution < 1.29 is 24.6 Å². The molecule has 17 heavy (non-hydrogen) atoms. The van der Waals surface area contributed by atoms with Crippen LogP contribution in [0, 0.1) is 17.8 Å². The van der Waals surface area contributed by atoms with E-state index < -0.39 is 23.8 Å². The topological polar surface area (TPSA) is 94.9 Å². The molecule has 0 aromatic carbocycles. The predicted octanol–water partition coefficient (Wildman–Crippen LogP) is 0.276. The second kappa shape index (κ2) is 5.16. The number of carboxylic acid groups (broad SMARTS) is 2. The van der Waals surface area contributed by atoms with Crippen molar-refractivity contribution in [3.63, 3.8) is 0 Å². The van der Waals surface area contributed by atoms with Crippen molar-refractivity contribution in [2.75, 3.05) is 13.1 Å². The molecule has 1 saturated heterocycles. The van der Waals surface area contributed by atoms with Gasteiger partial charge in [-0.15, -0.1) is 0 Å². The minimum Gasteiger partial charge on any atom is -0.481 e. The number of amides is 1. The van der Waals surface area contributed by atoms with Gasteiger partial charge in [0.25, 0.3) is 0 Å². The molecule has 1 aliphatic heterocycles. The number of hydrogen-bond acceptors (Lipinski definition) is 3.